The molecule has 2 rings (SSSR count). The van der Waals surface area contributed by atoms with Crippen LogP contribution < -0.4 is 15.0 Å². The molecular weight excluding hydrogens is 312 g/mol. The molecule has 0 saturated carbocycles. The van der Waals surface area contributed by atoms with E-state index >= 15 is 0 Å². The summed E-state index contributed by atoms with van der Waals surface area (Å²) < 4.78 is 5.90. The number of aromatic nitrogens is 2. The lowest BCUT2D eigenvalue weighted by Gasteiger charge is -2.31. The number of ether oxygens (including phenoxy) is 1. The van der Waals surface area contributed by atoms with Crippen molar-refractivity contribution in [3.05, 3.63) is 10.7 Å². The highest BCUT2D eigenvalue weighted by molar-refractivity contribution is 9.10. The molecule has 0 aliphatic carbocycles. The van der Waals surface area contributed by atoms with Gasteiger partial charge in [0.05, 0.1) is 17.8 Å². The smallest absolute Gasteiger partial charge is 0.232 e. The summed E-state index contributed by atoms with van der Waals surface area (Å²) in [5, 5.41) is 2.70. The fraction of sp³-hybridized carbons (Fsp3) is 0.583. The molecule has 1 aromatic rings. The van der Waals surface area contributed by atoms with E-state index in [0.29, 0.717) is 11.8 Å². The Labute approximate surface area is 120 Å². The van der Waals surface area contributed by atoms with Crippen molar-refractivity contribution >= 4 is 27.8 Å². The van der Waals surface area contributed by atoms with Crippen molar-refractivity contribution in [3.63, 3.8) is 0 Å². The van der Waals surface area contributed by atoms with Crippen molar-refractivity contribution < 1.29 is 9.53 Å². The molecule has 6 nitrogen and oxygen atoms in total. The number of nitrogens with one attached hydrogen (secondary N) is 1. The Balaban J connectivity index is 2.03. The third-order valence-corrected chi connectivity index (χ3v) is 3.83. The van der Waals surface area contributed by atoms with Crippen LogP contribution in [0.1, 0.15) is 12.8 Å². The number of hydrogen-bond donors (Lipinski definition) is 1. The number of nitrogens with zero attached hydrogens (tertiary/aromatic N) is 3. The molecule has 1 amide bonds. The molecule has 0 aromatic carbocycles. The first-order valence-electron chi connectivity index (χ1n) is 6.18. The Morgan fingerprint density at radius 2 is 2.21 bits per heavy atom. The molecule has 7 heteroatoms. The second-order valence-corrected chi connectivity index (χ2v) is 5.26. The van der Waals surface area contributed by atoms with E-state index in [1.165, 1.54) is 0 Å². The van der Waals surface area contributed by atoms with Gasteiger partial charge in [0, 0.05) is 26.1 Å². The van der Waals surface area contributed by atoms with Gasteiger partial charge in [-0.1, -0.05) is 0 Å². The van der Waals surface area contributed by atoms with Gasteiger partial charge in [0.25, 0.3) is 0 Å². The summed E-state index contributed by atoms with van der Waals surface area (Å²) in [7, 11) is 3.26. The first kappa shape index (κ1) is 14.0. The minimum absolute atomic E-state index is 0.0959. The standard InChI is InChI=1S/C12H17BrN4O2/c1-14-10(18)8-3-5-17(6-4-8)12-15-7-9(13)11(16-12)19-2/h7-8H,3-6H2,1-2H3,(H,14,18). The summed E-state index contributed by atoms with van der Waals surface area (Å²) in [6.07, 6.45) is 3.33. The average Bonchev–Trinajstić information content (AvgIpc) is 2.47. The predicted octanol–water partition coefficient (Wildman–Crippen LogP) is 1.21. The van der Waals surface area contributed by atoms with Crippen molar-refractivity contribution in [2.24, 2.45) is 5.92 Å². The van der Waals surface area contributed by atoms with Crippen LogP contribution in [-0.2, 0) is 4.79 Å². The van der Waals surface area contributed by atoms with E-state index in [-0.39, 0.29) is 11.8 Å². The van der Waals surface area contributed by atoms with Crippen LogP contribution in [0.5, 0.6) is 5.88 Å². The molecule has 2 heterocycles. The molecule has 1 saturated heterocycles. The molecular formula is C12H17BrN4O2. The van der Waals surface area contributed by atoms with E-state index in [2.05, 4.69) is 36.1 Å². The fourth-order valence-electron chi connectivity index (χ4n) is 2.18. The zero-order chi connectivity index (χ0) is 13.8. The molecule has 0 unspecified atom stereocenters. The second kappa shape index (κ2) is 6.18. The van der Waals surface area contributed by atoms with Crippen molar-refractivity contribution in [2.45, 2.75) is 12.8 Å². The minimum atomic E-state index is 0.0959. The van der Waals surface area contributed by atoms with Gasteiger partial charge in [-0.15, -0.1) is 0 Å². The quantitative estimate of drug-likeness (QED) is 0.903. The van der Waals surface area contributed by atoms with E-state index in [9.17, 15) is 4.79 Å². The summed E-state index contributed by atoms with van der Waals surface area (Å²) in [6, 6.07) is 0. The van der Waals surface area contributed by atoms with Crippen LogP contribution in [0.25, 0.3) is 0 Å². The summed E-state index contributed by atoms with van der Waals surface area (Å²) in [6.45, 7) is 1.56. The van der Waals surface area contributed by atoms with Crippen LogP contribution >= 0.6 is 15.9 Å². The number of amides is 1. The van der Waals surface area contributed by atoms with Crippen LogP contribution in [-0.4, -0.2) is 43.1 Å². The molecule has 1 fully saturated rings. The number of hydrogen-bond acceptors (Lipinski definition) is 5. The SMILES string of the molecule is CNC(=O)C1CCN(c2ncc(Br)c(OC)n2)CC1. The molecule has 1 aromatic heterocycles. The molecule has 0 bridgehead atoms. The van der Waals surface area contributed by atoms with Crippen molar-refractivity contribution in [3.8, 4) is 5.88 Å². The molecule has 0 radical (unpaired) electrons. The number of halogens is 1. The molecule has 19 heavy (non-hydrogen) atoms. The third-order valence-electron chi connectivity index (χ3n) is 3.29. The van der Waals surface area contributed by atoms with Gasteiger partial charge in [-0.3, -0.25) is 4.79 Å². The van der Waals surface area contributed by atoms with E-state index in [1.807, 2.05) is 0 Å². The van der Waals surface area contributed by atoms with Crippen LogP contribution in [0, 0.1) is 5.92 Å². The zero-order valence-corrected chi connectivity index (χ0v) is 12.6. The summed E-state index contributed by atoms with van der Waals surface area (Å²) in [5.74, 6) is 1.39. The Morgan fingerprint density at radius 3 is 2.79 bits per heavy atom. The highest BCUT2D eigenvalue weighted by Gasteiger charge is 2.25. The summed E-state index contributed by atoms with van der Waals surface area (Å²) in [5.41, 5.74) is 0. The third kappa shape index (κ3) is 3.15. The number of carbonyl (C=O) groups is 1. The van der Waals surface area contributed by atoms with E-state index in [4.69, 9.17) is 4.74 Å². The lowest BCUT2D eigenvalue weighted by molar-refractivity contribution is -0.125. The number of carbonyl (C=O) groups excluding carboxylic acids is 1. The lowest BCUT2D eigenvalue weighted by atomic mass is 9.96. The topological polar surface area (TPSA) is 67.4 Å². The van der Waals surface area contributed by atoms with Gasteiger partial charge >= 0.3 is 0 Å². The Kier molecular flexibility index (Phi) is 4.57. The van der Waals surface area contributed by atoms with Crippen molar-refractivity contribution in [1.29, 1.82) is 0 Å². The highest BCUT2D eigenvalue weighted by atomic mass is 79.9. The van der Waals surface area contributed by atoms with Gasteiger partial charge in [0.2, 0.25) is 17.7 Å². The molecule has 1 aliphatic heterocycles. The first-order valence-corrected chi connectivity index (χ1v) is 6.98. The van der Waals surface area contributed by atoms with Crippen molar-refractivity contribution in [1.82, 2.24) is 15.3 Å². The number of piperidine rings is 1. The van der Waals surface area contributed by atoms with Gasteiger partial charge in [0.1, 0.15) is 0 Å². The number of methoxy groups -OCH3 is 1. The van der Waals surface area contributed by atoms with Gasteiger partial charge in [-0.2, -0.15) is 4.98 Å². The summed E-state index contributed by atoms with van der Waals surface area (Å²) in [4.78, 5) is 22.3. The fourth-order valence-corrected chi connectivity index (χ4v) is 2.54. The predicted molar refractivity (Wildman–Crippen MR) is 75.3 cm³/mol. The molecule has 1 N–H and O–H groups in total. The number of rotatable bonds is 3. The van der Waals surface area contributed by atoms with E-state index in [1.54, 1.807) is 20.4 Å². The molecule has 0 atom stereocenters. The zero-order valence-electron chi connectivity index (χ0n) is 11.0. The minimum Gasteiger partial charge on any atom is -0.480 e. The summed E-state index contributed by atoms with van der Waals surface area (Å²) >= 11 is 3.33. The largest absolute Gasteiger partial charge is 0.480 e. The monoisotopic (exact) mass is 328 g/mol. The van der Waals surface area contributed by atoms with Crippen LogP contribution in [0.2, 0.25) is 0 Å². The highest BCUT2D eigenvalue weighted by Crippen LogP contribution is 2.26. The Morgan fingerprint density at radius 1 is 1.53 bits per heavy atom. The van der Waals surface area contributed by atoms with Gasteiger partial charge in [-0.25, -0.2) is 4.98 Å². The van der Waals surface area contributed by atoms with Crippen LogP contribution in [0.4, 0.5) is 5.95 Å². The second-order valence-electron chi connectivity index (χ2n) is 4.40. The van der Waals surface area contributed by atoms with E-state index < -0.39 is 0 Å². The molecule has 104 valence electrons. The van der Waals surface area contributed by atoms with Gasteiger partial charge < -0.3 is 15.0 Å². The van der Waals surface area contributed by atoms with E-state index in [0.717, 1.165) is 30.4 Å². The maximum atomic E-state index is 11.6. The molecule has 1 aliphatic rings. The van der Waals surface area contributed by atoms with Gasteiger partial charge in [-0.05, 0) is 28.8 Å². The Bertz CT molecular complexity index is 461. The van der Waals surface area contributed by atoms with Crippen LogP contribution in [0.15, 0.2) is 10.7 Å². The molecule has 0 spiro atoms. The number of anilines is 1. The average molecular weight is 329 g/mol. The van der Waals surface area contributed by atoms with Crippen molar-refractivity contribution in [2.75, 3.05) is 32.1 Å². The van der Waals surface area contributed by atoms with Gasteiger partial charge in [0.15, 0.2) is 0 Å². The lowest BCUT2D eigenvalue weighted by Crippen LogP contribution is -2.40. The van der Waals surface area contributed by atoms with Crippen LogP contribution in [0.3, 0.4) is 0 Å². The maximum absolute atomic E-state index is 11.6. The Hall–Kier alpha value is -1.37. The maximum Gasteiger partial charge on any atom is 0.232 e. The first-order chi connectivity index (χ1) is 9.15. The normalized spacial score (nSPS) is 16.3.